The molecule has 0 saturated heterocycles. The van der Waals surface area contributed by atoms with Gasteiger partial charge in [0.2, 0.25) is 5.91 Å². The third-order valence-corrected chi connectivity index (χ3v) is 7.02. The van der Waals surface area contributed by atoms with Crippen LogP contribution < -0.4 is 5.32 Å². The van der Waals surface area contributed by atoms with Crippen molar-refractivity contribution in [1.82, 2.24) is 4.31 Å². The summed E-state index contributed by atoms with van der Waals surface area (Å²) in [5, 5.41) is 2.63. The Labute approximate surface area is 166 Å². The normalized spacial score (nSPS) is 16.0. The van der Waals surface area contributed by atoms with Crippen LogP contribution in [-0.2, 0) is 19.6 Å². The summed E-state index contributed by atoms with van der Waals surface area (Å²) in [5.41, 5.74) is 1.97. The first-order valence-electron chi connectivity index (χ1n) is 8.11. The molecule has 27 heavy (non-hydrogen) atoms. The number of sulfonamides is 1. The Morgan fingerprint density at radius 3 is 2.41 bits per heavy atom. The minimum atomic E-state index is -4.09. The minimum absolute atomic E-state index is 0.0552. The second-order valence-corrected chi connectivity index (χ2v) is 8.80. The smallest absolute Gasteiger partial charge is 0.268 e. The van der Waals surface area contributed by atoms with Crippen LogP contribution in [0.15, 0.2) is 58.6 Å². The number of nitrogens with zero attached hydrogens (tertiary/aromatic N) is 1. The molecule has 0 bridgehead atoms. The van der Waals surface area contributed by atoms with Crippen molar-refractivity contribution in [1.29, 1.82) is 0 Å². The molecule has 0 fully saturated rings. The maximum absolute atomic E-state index is 12.9. The van der Waals surface area contributed by atoms with Gasteiger partial charge in [0.05, 0.1) is 0 Å². The highest BCUT2D eigenvalue weighted by Gasteiger charge is 2.43. The van der Waals surface area contributed by atoms with E-state index in [0.29, 0.717) is 15.6 Å². The first-order valence-corrected chi connectivity index (χ1v) is 10.3. The number of hydrogen-bond donors (Lipinski definition) is 1. The van der Waals surface area contributed by atoms with Crippen LogP contribution in [0.5, 0.6) is 0 Å². The zero-order valence-corrected chi connectivity index (χ0v) is 17.1. The van der Waals surface area contributed by atoms with E-state index in [1.165, 1.54) is 6.92 Å². The van der Waals surface area contributed by atoms with Gasteiger partial charge in [0, 0.05) is 15.7 Å². The molecule has 1 aliphatic rings. The third kappa shape index (κ3) is 3.68. The molecule has 2 amide bonds. The fourth-order valence-electron chi connectivity index (χ4n) is 2.86. The second-order valence-electron chi connectivity index (χ2n) is 6.15. The first kappa shape index (κ1) is 19.3. The zero-order chi connectivity index (χ0) is 19.8. The molecule has 1 N–H and O–H groups in total. The summed E-state index contributed by atoms with van der Waals surface area (Å²) in [4.78, 5) is 24.8. The lowest BCUT2D eigenvalue weighted by Crippen LogP contribution is -2.38. The van der Waals surface area contributed by atoms with Crippen LogP contribution in [-0.4, -0.2) is 31.1 Å². The topological polar surface area (TPSA) is 83.6 Å². The summed E-state index contributed by atoms with van der Waals surface area (Å²) >= 11 is 3.37. The summed E-state index contributed by atoms with van der Waals surface area (Å²) in [7, 11) is -4.09. The van der Waals surface area contributed by atoms with Gasteiger partial charge in [-0.05, 0) is 43.2 Å². The lowest BCUT2D eigenvalue weighted by Gasteiger charge is -2.16. The van der Waals surface area contributed by atoms with Crippen molar-refractivity contribution < 1.29 is 18.0 Å². The van der Waals surface area contributed by atoms with Gasteiger partial charge in [-0.3, -0.25) is 9.59 Å². The number of anilines is 1. The predicted molar refractivity (Wildman–Crippen MR) is 107 cm³/mol. The molecule has 2 aromatic carbocycles. The Bertz CT molecular complexity index is 1060. The Hall–Kier alpha value is -2.45. The summed E-state index contributed by atoms with van der Waals surface area (Å²) in [6, 6.07) is 13.6. The largest absolute Gasteiger partial charge is 0.325 e. The van der Waals surface area contributed by atoms with E-state index in [1.807, 2.05) is 6.92 Å². The lowest BCUT2D eigenvalue weighted by atomic mass is 10.1. The monoisotopic (exact) mass is 448 g/mol. The Balaban J connectivity index is 1.83. The maximum atomic E-state index is 12.9. The standard InChI is InChI=1S/C19H17BrN2O4S/c1-12-10-15(8-9-16(12)20)21-17(23)11-22-19(24)13(2)18(27(22,25)26)14-6-4-3-5-7-14/h3-10H,11H2,1-2H3,(H,21,23). The van der Waals surface area contributed by atoms with E-state index >= 15 is 0 Å². The van der Waals surface area contributed by atoms with Crippen molar-refractivity contribution >= 4 is 48.4 Å². The van der Waals surface area contributed by atoms with Crippen LogP contribution in [0.4, 0.5) is 5.69 Å². The molecule has 140 valence electrons. The lowest BCUT2D eigenvalue weighted by molar-refractivity contribution is -0.126. The molecule has 0 radical (unpaired) electrons. The van der Waals surface area contributed by atoms with Crippen molar-refractivity contribution in [2.45, 2.75) is 13.8 Å². The molecule has 0 aromatic heterocycles. The van der Waals surface area contributed by atoms with E-state index in [-0.39, 0.29) is 10.5 Å². The average molecular weight is 449 g/mol. The van der Waals surface area contributed by atoms with Gasteiger partial charge in [-0.2, -0.15) is 0 Å². The van der Waals surface area contributed by atoms with Gasteiger partial charge >= 0.3 is 0 Å². The van der Waals surface area contributed by atoms with Crippen LogP contribution in [0.25, 0.3) is 4.91 Å². The molecule has 1 heterocycles. The van der Waals surface area contributed by atoms with E-state index in [2.05, 4.69) is 21.2 Å². The molecule has 3 rings (SSSR count). The van der Waals surface area contributed by atoms with E-state index in [4.69, 9.17) is 0 Å². The van der Waals surface area contributed by atoms with Crippen LogP contribution in [0.2, 0.25) is 0 Å². The Morgan fingerprint density at radius 1 is 1.11 bits per heavy atom. The van der Waals surface area contributed by atoms with Crippen LogP contribution in [0, 0.1) is 6.92 Å². The summed E-state index contributed by atoms with van der Waals surface area (Å²) < 4.78 is 27.2. The number of amides is 2. The Kier molecular flexibility index (Phi) is 5.21. The number of benzene rings is 2. The number of rotatable bonds is 4. The van der Waals surface area contributed by atoms with Gasteiger partial charge in [0.15, 0.2) is 0 Å². The maximum Gasteiger partial charge on any atom is 0.268 e. The van der Waals surface area contributed by atoms with Gasteiger partial charge < -0.3 is 5.32 Å². The zero-order valence-electron chi connectivity index (χ0n) is 14.7. The highest BCUT2D eigenvalue weighted by molar-refractivity contribution is 9.10. The van der Waals surface area contributed by atoms with E-state index < -0.39 is 28.4 Å². The number of nitrogens with one attached hydrogen (secondary N) is 1. The van der Waals surface area contributed by atoms with Gasteiger partial charge in [0.25, 0.3) is 15.9 Å². The number of carbonyl (C=O) groups is 2. The van der Waals surface area contributed by atoms with Crippen LogP contribution in [0.3, 0.4) is 0 Å². The minimum Gasteiger partial charge on any atom is -0.325 e. The first-order chi connectivity index (χ1) is 12.7. The van der Waals surface area contributed by atoms with Gasteiger partial charge in [-0.1, -0.05) is 46.3 Å². The fourth-order valence-corrected chi connectivity index (χ4v) is 4.88. The molecule has 0 atom stereocenters. The van der Waals surface area contributed by atoms with Crippen molar-refractivity contribution in [3.05, 3.63) is 69.7 Å². The SMILES string of the molecule is CC1=C(c2ccccc2)S(=O)(=O)N(CC(=O)Nc2ccc(Br)c(C)c2)C1=O. The molecule has 6 nitrogen and oxygen atoms in total. The van der Waals surface area contributed by atoms with Crippen molar-refractivity contribution in [2.75, 3.05) is 11.9 Å². The molecule has 1 aliphatic heterocycles. The fraction of sp³-hybridized carbons (Fsp3) is 0.158. The number of halogens is 1. The van der Waals surface area contributed by atoms with Crippen LogP contribution in [0.1, 0.15) is 18.1 Å². The molecular weight excluding hydrogens is 432 g/mol. The van der Waals surface area contributed by atoms with Gasteiger partial charge in [-0.25, -0.2) is 12.7 Å². The highest BCUT2D eigenvalue weighted by atomic mass is 79.9. The van der Waals surface area contributed by atoms with Crippen molar-refractivity contribution in [3.63, 3.8) is 0 Å². The van der Waals surface area contributed by atoms with E-state index in [1.54, 1.807) is 48.5 Å². The molecule has 0 unspecified atom stereocenters. The summed E-state index contributed by atoms with van der Waals surface area (Å²) in [6.45, 7) is 2.75. The average Bonchev–Trinajstić information content (AvgIpc) is 2.78. The highest BCUT2D eigenvalue weighted by Crippen LogP contribution is 2.35. The molecule has 0 spiro atoms. The van der Waals surface area contributed by atoms with Crippen molar-refractivity contribution in [3.8, 4) is 0 Å². The molecule has 0 aliphatic carbocycles. The number of aryl methyl sites for hydroxylation is 1. The quantitative estimate of drug-likeness (QED) is 0.777. The molecule has 8 heteroatoms. The summed E-state index contributed by atoms with van der Waals surface area (Å²) in [6.07, 6.45) is 0. The molecular formula is C19H17BrN2O4S. The van der Waals surface area contributed by atoms with E-state index in [0.717, 1.165) is 10.0 Å². The summed E-state index contributed by atoms with van der Waals surface area (Å²) in [5.74, 6) is -1.27. The predicted octanol–water partition coefficient (Wildman–Crippen LogP) is 3.30. The Morgan fingerprint density at radius 2 is 1.78 bits per heavy atom. The second kappa shape index (κ2) is 7.28. The van der Waals surface area contributed by atoms with Gasteiger partial charge in [0.1, 0.15) is 11.4 Å². The molecule has 0 saturated carbocycles. The van der Waals surface area contributed by atoms with Crippen LogP contribution >= 0.6 is 15.9 Å². The number of carbonyl (C=O) groups excluding carboxylic acids is 2. The van der Waals surface area contributed by atoms with Gasteiger partial charge in [-0.15, -0.1) is 0 Å². The van der Waals surface area contributed by atoms with Crippen molar-refractivity contribution in [2.24, 2.45) is 0 Å². The number of hydrogen-bond acceptors (Lipinski definition) is 4. The molecule has 2 aromatic rings. The van der Waals surface area contributed by atoms with E-state index in [9.17, 15) is 18.0 Å². The third-order valence-electron chi connectivity index (χ3n) is 4.20.